The van der Waals surface area contributed by atoms with E-state index in [0.717, 1.165) is 0 Å². The Morgan fingerprint density at radius 3 is 2.41 bits per heavy atom. The van der Waals surface area contributed by atoms with Crippen molar-refractivity contribution in [1.29, 1.82) is 0 Å². The molecular weight excluding hydrogens is 372 g/mol. The quantitative estimate of drug-likeness (QED) is 0.686. The maximum atomic E-state index is 12.5. The molecule has 0 bridgehead atoms. The molecule has 1 aromatic carbocycles. The van der Waals surface area contributed by atoms with E-state index in [4.69, 9.17) is 9.47 Å². The molecule has 0 saturated heterocycles. The third-order valence-electron chi connectivity index (χ3n) is 3.80. The van der Waals surface area contributed by atoms with Gasteiger partial charge in [-0.2, -0.15) is 5.10 Å². The van der Waals surface area contributed by atoms with Crippen molar-refractivity contribution in [3.63, 3.8) is 0 Å². The molecule has 0 saturated carbocycles. The molecule has 0 atom stereocenters. The van der Waals surface area contributed by atoms with Gasteiger partial charge in [0.05, 0.1) is 24.6 Å². The number of carbonyl (C=O) groups excluding carboxylic acids is 1. The van der Waals surface area contributed by atoms with E-state index in [1.165, 1.54) is 23.9 Å². The molecular formula is C17H24N4O5S. The third-order valence-corrected chi connectivity index (χ3v) is 5.30. The van der Waals surface area contributed by atoms with Crippen molar-refractivity contribution in [3.8, 4) is 11.5 Å². The first-order chi connectivity index (χ1) is 12.6. The second kappa shape index (κ2) is 7.97. The number of methoxy groups -OCH3 is 1. The standard InChI is InChI=1S/C17H24N4O5S/c1-10(2)26-14-8-7-13(9-15(14)25-6)17(22)18-20-27(23,24)16-11(3)19-21(5)12(16)4/h7-10,20H,1-6H3,(H,18,22). The van der Waals surface area contributed by atoms with Crippen LogP contribution < -0.4 is 19.7 Å². The Labute approximate surface area is 158 Å². The van der Waals surface area contributed by atoms with Crippen LogP contribution >= 0.6 is 0 Å². The molecule has 0 radical (unpaired) electrons. The van der Waals surface area contributed by atoms with E-state index < -0.39 is 15.9 Å². The zero-order valence-electron chi connectivity index (χ0n) is 16.2. The molecule has 0 aliphatic carbocycles. The topological polar surface area (TPSA) is 112 Å². The third kappa shape index (κ3) is 4.58. The Bertz CT molecular complexity index is 950. The number of hydrogen-bond donors (Lipinski definition) is 2. The van der Waals surface area contributed by atoms with Crippen molar-refractivity contribution < 1.29 is 22.7 Å². The molecule has 2 aromatic rings. The van der Waals surface area contributed by atoms with Crippen LogP contribution in [0.2, 0.25) is 0 Å². The number of aryl methyl sites for hydroxylation is 2. The summed E-state index contributed by atoms with van der Waals surface area (Å²) in [6.07, 6.45) is -0.0589. The normalized spacial score (nSPS) is 11.5. The Hall–Kier alpha value is -2.59. The van der Waals surface area contributed by atoms with E-state index in [1.807, 2.05) is 13.8 Å². The maximum Gasteiger partial charge on any atom is 0.266 e. The fourth-order valence-electron chi connectivity index (χ4n) is 2.54. The van der Waals surface area contributed by atoms with Crippen LogP contribution in [-0.4, -0.2) is 37.3 Å². The number of aromatic nitrogens is 2. The lowest BCUT2D eigenvalue weighted by Crippen LogP contribution is -2.41. The van der Waals surface area contributed by atoms with Gasteiger partial charge in [-0.15, -0.1) is 4.83 Å². The summed E-state index contributed by atoms with van der Waals surface area (Å²) < 4.78 is 37.3. The number of rotatable bonds is 7. The zero-order valence-corrected chi connectivity index (χ0v) is 17.0. The van der Waals surface area contributed by atoms with Crippen LogP contribution in [0, 0.1) is 13.8 Å². The lowest BCUT2D eigenvalue weighted by Gasteiger charge is -2.14. The van der Waals surface area contributed by atoms with Crippen molar-refractivity contribution in [3.05, 3.63) is 35.2 Å². The molecule has 0 fully saturated rings. The van der Waals surface area contributed by atoms with Crippen molar-refractivity contribution in [1.82, 2.24) is 20.0 Å². The van der Waals surface area contributed by atoms with Gasteiger partial charge < -0.3 is 9.47 Å². The van der Waals surface area contributed by atoms with Crippen LogP contribution in [0.15, 0.2) is 23.1 Å². The minimum Gasteiger partial charge on any atom is -0.493 e. The first kappa shape index (κ1) is 20.7. The van der Waals surface area contributed by atoms with Crippen LogP contribution in [0.3, 0.4) is 0 Å². The summed E-state index contributed by atoms with van der Waals surface area (Å²) in [6, 6.07) is 4.59. The lowest BCUT2D eigenvalue weighted by atomic mass is 10.2. The summed E-state index contributed by atoms with van der Waals surface area (Å²) in [5.74, 6) is 0.233. The molecule has 1 heterocycles. The summed E-state index contributed by atoms with van der Waals surface area (Å²) in [4.78, 5) is 14.5. The molecule has 1 aromatic heterocycles. The summed E-state index contributed by atoms with van der Waals surface area (Å²) >= 11 is 0. The highest BCUT2D eigenvalue weighted by molar-refractivity contribution is 7.89. The number of hydrogen-bond acceptors (Lipinski definition) is 6. The van der Waals surface area contributed by atoms with E-state index in [9.17, 15) is 13.2 Å². The number of hydrazine groups is 1. The molecule has 0 spiro atoms. The predicted octanol–water partition coefficient (Wildman–Crippen LogP) is 1.46. The minimum absolute atomic E-state index is 0.0311. The summed E-state index contributed by atoms with van der Waals surface area (Å²) in [5.41, 5.74) is 3.22. The van der Waals surface area contributed by atoms with Crippen LogP contribution in [0.5, 0.6) is 11.5 Å². The van der Waals surface area contributed by atoms with Gasteiger partial charge in [-0.1, -0.05) is 0 Å². The number of carbonyl (C=O) groups is 1. The largest absolute Gasteiger partial charge is 0.493 e. The van der Waals surface area contributed by atoms with Crippen molar-refractivity contribution in [2.45, 2.75) is 38.7 Å². The molecule has 10 heteroatoms. The van der Waals surface area contributed by atoms with Crippen molar-refractivity contribution in [2.24, 2.45) is 7.05 Å². The van der Waals surface area contributed by atoms with Gasteiger partial charge in [0.1, 0.15) is 4.90 Å². The Kier molecular flexibility index (Phi) is 6.11. The van der Waals surface area contributed by atoms with E-state index >= 15 is 0 Å². The second-order valence-electron chi connectivity index (χ2n) is 6.22. The number of benzene rings is 1. The minimum atomic E-state index is -3.96. The van der Waals surface area contributed by atoms with E-state index in [1.54, 1.807) is 27.0 Å². The smallest absolute Gasteiger partial charge is 0.266 e. The van der Waals surface area contributed by atoms with Gasteiger partial charge >= 0.3 is 0 Å². The molecule has 0 aliphatic rings. The molecule has 1 amide bonds. The van der Waals surface area contributed by atoms with Gasteiger partial charge in [-0.05, 0) is 45.9 Å². The molecule has 0 aliphatic heterocycles. The number of nitrogens with one attached hydrogen (secondary N) is 2. The van der Waals surface area contributed by atoms with E-state index in [-0.39, 0.29) is 16.6 Å². The van der Waals surface area contributed by atoms with Crippen molar-refractivity contribution >= 4 is 15.9 Å². The highest BCUT2D eigenvalue weighted by atomic mass is 32.2. The van der Waals surface area contributed by atoms with Crippen LogP contribution in [0.4, 0.5) is 0 Å². The highest BCUT2D eigenvalue weighted by Gasteiger charge is 2.24. The zero-order chi connectivity index (χ0) is 20.4. The monoisotopic (exact) mass is 396 g/mol. The van der Waals surface area contributed by atoms with Crippen LogP contribution in [0.25, 0.3) is 0 Å². The molecule has 2 rings (SSSR count). The molecule has 9 nitrogen and oxygen atoms in total. The Morgan fingerprint density at radius 1 is 1.22 bits per heavy atom. The predicted molar refractivity (Wildman–Crippen MR) is 99.2 cm³/mol. The van der Waals surface area contributed by atoms with E-state index in [0.29, 0.717) is 22.9 Å². The van der Waals surface area contributed by atoms with Gasteiger partial charge in [-0.25, -0.2) is 8.42 Å². The number of nitrogens with zero attached hydrogens (tertiary/aromatic N) is 2. The Balaban J connectivity index is 2.18. The molecule has 0 unspecified atom stereocenters. The molecule has 27 heavy (non-hydrogen) atoms. The van der Waals surface area contributed by atoms with Crippen molar-refractivity contribution in [2.75, 3.05) is 7.11 Å². The van der Waals surface area contributed by atoms with Crippen LogP contribution in [0.1, 0.15) is 35.6 Å². The van der Waals surface area contributed by atoms with Gasteiger partial charge in [-0.3, -0.25) is 14.9 Å². The lowest BCUT2D eigenvalue weighted by molar-refractivity contribution is 0.0944. The summed E-state index contributed by atoms with van der Waals surface area (Å²) in [6.45, 7) is 6.96. The second-order valence-corrected chi connectivity index (χ2v) is 7.83. The summed E-state index contributed by atoms with van der Waals surface area (Å²) in [7, 11) is -0.860. The number of sulfonamides is 1. The first-order valence-electron chi connectivity index (χ1n) is 8.24. The summed E-state index contributed by atoms with van der Waals surface area (Å²) in [5, 5.41) is 4.07. The van der Waals surface area contributed by atoms with E-state index in [2.05, 4.69) is 15.4 Å². The van der Waals surface area contributed by atoms with Crippen LogP contribution in [-0.2, 0) is 17.1 Å². The SMILES string of the molecule is COc1cc(C(=O)NNS(=O)(=O)c2c(C)nn(C)c2C)ccc1OC(C)C. The van der Waals surface area contributed by atoms with Gasteiger partial charge in [0.15, 0.2) is 11.5 Å². The van der Waals surface area contributed by atoms with Gasteiger partial charge in [0.25, 0.3) is 15.9 Å². The highest BCUT2D eigenvalue weighted by Crippen LogP contribution is 2.29. The average molecular weight is 396 g/mol. The van der Waals surface area contributed by atoms with Gasteiger partial charge in [0.2, 0.25) is 0 Å². The fourth-order valence-corrected chi connectivity index (χ4v) is 3.82. The average Bonchev–Trinajstić information content (AvgIpc) is 2.85. The maximum absolute atomic E-state index is 12.5. The molecule has 2 N–H and O–H groups in total. The number of amides is 1. The Morgan fingerprint density at radius 2 is 1.89 bits per heavy atom. The van der Waals surface area contributed by atoms with Gasteiger partial charge in [0, 0.05) is 12.6 Å². The molecule has 148 valence electrons. The number of ether oxygens (including phenoxy) is 2. The fraction of sp³-hybridized carbons (Fsp3) is 0.412. The first-order valence-corrected chi connectivity index (χ1v) is 9.72.